The van der Waals surface area contributed by atoms with Crippen molar-refractivity contribution in [1.29, 1.82) is 0 Å². The molecule has 0 aromatic heterocycles. The highest BCUT2D eigenvalue weighted by atomic mass is 16.6. The van der Waals surface area contributed by atoms with Gasteiger partial charge in [-0.15, -0.1) is 0 Å². The van der Waals surface area contributed by atoms with E-state index in [2.05, 4.69) is 0 Å². The fourth-order valence-corrected chi connectivity index (χ4v) is 5.89. The van der Waals surface area contributed by atoms with E-state index in [1.165, 1.54) is 0 Å². The summed E-state index contributed by atoms with van der Waals surface area (Å²) >= 11 is 0. The number of hydrogen-bond donors (Lipinski definition) is 0. The van der Waals surface area contributed by atoms with E-state index in [4.69, 9.17) is 18.9 Å². The predicted octanol–water partition coefficient (Wildman–Crippen LogP) is 2.60. The number of rotatable bonds is 4. The molecule has 5 nitrogen and oxygen atoms in total. The molecular formula is C20H28O5. The minimum absolute atomic E-state index is 0.0385. The molecule has 3 aliphatic heterocycles. The summed E-state index contributed by atoms with van der Waals surface area (Å²) in [5.74, 6) is 1.04. The highest BCUT2D eigenvalue weighted by Crippen LogP contribution is 2.48. The Bertz CT molecular complexity index is 536. The molecule has 6 aliphatic rings. The van der Waals surface area contributed by atoms with Crippen LogP contribution in [0.2, 0.25) is 0 Å². The van der Waals surface area contributed by atoms with Crippen LogP contribution in [0.3, 0.4) is 0 Å². The molecule has 0 aromatic rings. The molecule has 138 valence electrons. The number of esters is 1. The van der Waals surface area contributed by atoms with E-state index in [1.807, 2.05) is 0 Å². The highest BCUT2D eigenvalue weighted by Gasteiger charge is 2.52. The predicted molar refractivity (Wildman–Crippen MR) is 87.9 cm³/mol. The van der Waals surface area contributed by atoms with Gasteiger partial charge in [0.25, 0.3) is 0 Å². The zero-order valence-electron chi connectivity index (χ0n) is 14.7. The summed E-state index contributed by atoms with van der Waals surface area (Å²) in [6.45, 7) is 0. The first-order valence-corrected chi connectivity index (χ1v) is 10.4. The van der Waals surface area contributed by atoms with Crippen molar-refractivity contribution < 1.29 is 23.7 Å². The van der Waals surface area contributed by atoms with Gasteiger partial charge in [0.15, 0.2) is 0 Å². The molecule has 9 atom stereocenters. The molecule has 0 radical (unpaired) electrons. The number of fused-ring (bicyclic) bond motifs is 3. The molecule has 0 spiro atoms. The largest absolute Gasteiger partial charge is 0.462 e. The molecule has 6 rings (SSSR count). The molecule has 5 heteroatoms. The Labute approximate surface area is 148 Å². The third-order valence-electron chi connectivity index (χ3n) is 7.61. The van der Waals surface area contributed by atoms with E-state index in [0.29, 0.717) is 48.5 Å². The Hall–Kier alpha value is -0.650. The molecule has 3 saturated carbocycles. The van der Waals surface area contributed by atoms with Crippen molar-refractivity contribution in [3.63, 3.8) is 0 Å². The van der Waals surface area contributed by atoms with E-state index in [-0.39, 0.29) is 18.0 Å². The van der Waals surface area contributed by atoms with Gasteiger partial charge in [-0.3, -0.25) is 4.79 Å². The van der Waals surface area contributed by atoms with E-state index >= 15 is 0 Å². The molecule has 0 bridgehead atoms. The summed E-state index contributed by atoms with van der Waals surface area (Å²) in [5.41, 5.74) is 0. The molecule has 6 fully saturated rings. The topological polar surface area (TPSA) is 63.9 Å². The van der Waals surface area contributed by atoms with Gasteiger partial charge in [0, 0.05) is 0 Å². The zero-order valence-corrected chi connectivity index (χ0v) is 14.7. The van der Waals surface area contributed by atoms with Gasteiger partial charge in [0.1, 0.15) is 6.10 Å². The molecule has 3 heterocycles. The molecule has 3 aliphatic carbocycles. The Morgan fingerprint density at radius 1 is 0.680 bits per heavy atom. The highest BCUT2D eigenvalue weighted by molar-refractivity contribution is 5.73. The Balaban J connectivity index is 1.15. The van der Waals surface area contributed by atoms with Gasteiger partial charge in [0.05, 0.1) is 42.5 Å². The van der Waals surface area contributed by atoms with Gasteiger partial charge >= 0.3 is 5.97 Å². The lowest BCUT2D eigenvalue weighted by molar-refractivity contribution is -0.163. The molecule has 9 unspecified atom stereocenters. The van der Waals surface area contributed by atoms with Crippen LogP contribution >= 0.6 is 0 Å². The fourth-order valence-electron chi connectivity index (χ4n) is 5.89. The molecule has 0 amide bonds. The fraction of sp³-hybridized carbons (Fsp3) is 0.950. The molecule has 25 heavy (non-hydrogen) atoms. The first-order chi connectivity index (χ1) is 12.2. The number of carbonyl (C=O) groups is 1. The normalized spacial score (nSPS) is 53.7. The second kappa shape index (κ2) is 5.67. The van der Waals surface area contributed by atoms with Crippen LogP contribution in [0, 0.1) is 17.8 Å². The maximum absolute atomic E-state index is 12.9. The number of carbonyl (C=O) groups excluding carboxylic acids is 1. The van der Waals surface area contributed by atoms with Gasteiger partial charge in [-0.25, -0.2) is 0 Å². The lowest BCUT2D eigenvalue weighted by Crippen LogP contribution is -2.40. The number of ether oxygens (including phenoxy) is 4. The van der Waals surface area contributed by atoms with Crippen LogP contribution in [0.4, 0.5) is 0 Å². The van der Waals surface area contributed by atoms with E-state index in [9.17, 15) is 4.79 Å². The van der Waals surface area contributed by atoms with Crippen molar-refractivity contribution in [3.8, 4) is 0 Å². The smallest absolute Gasteiger partial charge is 0.309 e. The number of epoxide rings is 3. The van der Waals surface area contributed by atoms with Gasteiger partial charge in [0.2, 0.25) is 0 Å². The van der Waals surface area contributed by atoms with Crippen molar-refractivity contribution in [2.45, 2.75) is 101 Å². The van der Waals surface area contributed by atoms with Crippen LogP contribution in [0.15, 0.2) is 0 Å². The maximum Gasteiger partial charge on any atom is 0.309 e. The van der Waals surface area contributed by atoms with Crippen LogP contribution in [-0.2, 0) is 23.7 Å². The quantitative estimate of drug-likeness (QED) is 0.577. The second-order valence-corrected chi connectivity index (χ2v) is 9.20. The van der Waals surface area contributed by atoms with Gasteiger partial charge < -0.3 is 18.9 Å². The van der Waals surface area contributed by atoms with Crippen LogP contribution in [-0.4, -0.2) is 48.7 Å². The van der Waals surface area contributed by atoms with Crippen molar-refractivity contribution >= 4 is 5.97 Å². The van der Waals surface area contributed by atoms with Crippen LogP contribution in [0.25, 0.3) is 0 Å². The molecule has 0 aromatic carbocycles. The summed E-state index contributed by atoms with van der Waals surface area (Å²) in [6.07, 6.45) is 12.2. The van der Waals surface area contributed by atoms with Crippen molar-refractivity contribution in [2.75, 3.05) is 0 Å². The minimum atomic E-state index is 0.0385. The van der Waals surface area contributed by atoms with E-state index < -0.39 is 0 Å². The van der Waals surface area contributed by atoms with Crippen LogP contribution in [0.5, 0.6) is 0 Å². The Morgan fingerprint density at radius 3 is 1.72 bits per heavy atom. The van der Waals surface area contributed by atoms with E-state index in [0.717, 1.165) is 57.8 Å². The maximum atomic E-state index is 12.9. The van der Waals surface area contributed by atoms with Crippen molar-refractivity contribution in [3.05, 3.63) is 0 Å². The lowest BCUT2D eigenvalue weighted by atomic mass is 9.75. The summed E-state index contributed by atoms with van der Waals surface area (Å²) < 4.78 is 23.3. The Morgan fingerprint density at radius 2 is 1.20 bits per heavy atom. The van der Waals surface area contributed by atoms with Gasteiger partial charge in [-0.1, -0.05) is 0 Å². The standard InChI is InChI=1S/C20H28O5/c21-20(12-3-6-15-18(9-12)24-15)25-19(10-1-4-13-16(7-10)22-13)11-2-5-14-17(8-11)23-14/h10-19H,1-9H2. The molecule has 0 N–H and O–H groups in total. The van der Waals surface area contributed by atoms with Crippen molar-refractivity contribution in [1.82, 2.24) is 0 Å². The third kappa shape index (κ3) is 2.92. The third-order valence-corrected chi connectivity index (χ3v) is 7.61. The van der Waals surface area contributed by atoms with Crippen LogP contribution in [0.1, 0.15) is 57.8 Å². The van der Waals surface area contributed by atoms with Gasteiger partial charge in [-0.05, 0) is 69.6 Å². The zero-order chi connectivity index (χ0) is 16.5. The number of hydrogen-bond acceptors (Lipinski definition) is 5. The van der Waals surface area contributed by atoms with Crippen LogP contribution < -0.4 is 0 Å². The monoisotopic (exact) mass is 348 g/mol. The molecular weight excluding hydrogens is 320 g/mol. The summed E-state index contributed by atoms with van der Waals surface area (Å²) in [4.78, 5) is 12.9. The minimum Gasteiger partial charge on any atom is -0.462 e. The van der Waals surface area contributed by atoms with Gasteiger partial charge in [-0.2, -0.15) is 0 Å². The Kier molecular flexibility index (Phi) is 3.50. The summed E-state index contributed by atoms with van der Waals surface area (Å²) in [6, 6.07) is 0. The lowest BCUT2D eigenvalue weighted by Gasteiger charge is -2.36. The first kappa shape index (κ1) is 15.4. The average molecular weight is 348 g/mol. The average Bonchev–Trinajstić information content (AvgIpc) is 3.52. The summed E-state index contributed by atoms with van der Waals surface area (Å²) in [7, 11) is 0. The van der Waals surface area contributed by atoms with Crippen molar-refractivity contribution in [2.24, 2.45) is 17.8 Å². The second-order valence-electron chi connectivity index (χ2n) is 9.20. The van der Waals surface area contributed by atoms with E-state index in [1.54, 1.807) is 0 Å². The SMILES string of the molecule is O=C(OC(C1CCC2OC2C1)C1CCC2OC2C1)C1CCC2OC2C1. The summed E-state index contributed by atoms with van der Waals surface area (Å²) in [5, 5.41) is 0. The molecule has 3 saturated heterocycles. The first-order valence-electron chi connectivity index (χ1n) is 10.4.